The summed E-state index contributed by atoms with van der Waals surface area (Å²) >= 11 is 0. The number of fused-ring (bicyclic) bond motifs is 1. The maximum atomic E-state index is 13.2. The third-order valence-electron chi connectivity index (χ3n) is 4.34. The van der Waals surface area contributed by atoms with Gasteiger partial charge < -0.3 is 4.98 Å². The van der Waals surface area contributed by atoms with Crippen LogP contribution < -0.4 is 0 Å². The van der Waals surface area contributed by atoms with Gasteiger partial charge in [-0.25, -0.2) is 9.37 Å². The fourth-order valence-corrected chi connectivity index (χ4v) is 3.31. The summed E-state index contributed by atoms with van der Waals surface area (Å²) in [5.74, 6) is 0.676. The van der Waals surface area contributed by atoms with Crippen LogP contribution in [0.5, 0.6) is 0 Å². The van der Waals surface area contributed by atoms with Crippen LogP contribution in [-0.4, -0.2) is 52.5 Å². The summed E-state index contributed by atoms with van der Waals surface area (Å²) in [7, 11) is 2.12. The van der Waals surface area contributed by atoms with Gasteiger partial charge in [0, 0.05) is 12.6 Å². The van der Waals surface area contributed by atoms with E-state index in [4.69, 9.17) is 0 Å². The quantitative estimate of drug-likeness (QED) is 0.919. The van der Waals surface area contributed by atoms with Crippen LogP contribution in [0.25, 0.3) is 11.0 Å². The van der Waals surface area contributed by atoms with Gasteiger partial charge in [-0.3, -0.25) is 9.80 Å². The highest BCUT2D eigenvalue weighted by atomic mass is 19.1. The summed E-state index contributed by atoms with van der Waals surface area (Å²) in [6, 6.07) is 5.33. The van der Waals surface area contributed by atoms with Crippen molar-refractivity contribution in [1.29, 1.82) is 0 Å². The number of aromatic nitrogens is 2. The molecule has 3 rings (SSSR count). The summed E-state index contributed by atoms with van der Waals surface area (Å²) in [6.45, 7) is 6.40. The van der Waals surface area contributed by atoms with Crippen LogP contribution in [0.15, 0.2) is 18.2 Å². The van der Waals surface area contributed by atoms with Crippen LogP contribution in [0.1, 0.15) is 25.6 Å². The number of likely N-dealkylation sites (tertiary alicyclic amines) is 1. The number of nitrogens with one attached hydrogen (secondary N) is 1. The highest BCUT2D eigenvalue weighted by Gasteiger charge is 2.24. The Morgan fingerprint density at radius 2 is 2.33 bits per heavy atom. The molecular weight excluding hydrogens is 267 g/mol. The predicted molar refractivity (Wildman–Crippen MR) is 82.7 cm³/mol. The number of halogens is 1. The number of likely N-dealkylation sites (N-methyl/N-ethyl adjacent to an activating group) is 2. The third-order valence-corrected chi connectivity index (χ3v) is 4.34. The van der Waals surface area contributed by atoms with Gasteiger partial charge in [0.15, 0.2) is 0 Å². The number of imidazole rings is 1. The van der Waals surface area contributed by atoms with Crippen molar-refractivity contribution < 1.29 is 4.39 Å². The Bertz CT molecular complexity index is 609. The molecule has 5 heteroatoms. The van der Waals surface area contributed by atoms with E-state index in [-0.39, 0.29) is 5.82 Å². The molecule has 1 aromatic carbocycles. The Morgan fingerprint density at radius 3 is 3.14 bits per heavy atom. The number of rotatable bonds is 5. The zero-order valence-electron chi connectivity index (χ0n) is 12.8. The molecule has 0 unspecified atom stereocenters. The number of H-pyrrole nitrogens is 1. The zero-order valence-corrected chi connectivity index (χ0v) is 12.8. The van der Waals surface area contributed by atoms with Gasteiger partial charge in [0.05, 0.1) is 17.6 Å². The van der Waals surface area contributed by atoms with Crippen molar-refractivity contribution in [2.75, 3.05) is 26.7 Å². The lowest BCUT2D eigenvalue weighted by molar-refractivity contribution is 0.193. The highest BCUT2D eigenvalue weighted by molar-refractivity contribution is 5.74. The molecule has 1 atom stereocenters. The molecule has 114 valence electrons. The molecule has 1 saturated heterocycles. The summed E-state index contributed by atoms with van der Waals surface area (Å²) < 4.78 is 13.2. The standard InChI is InChI=1S/C16H23FN4/c1-3-21-8-4-5-13(21)10-20(2)11-16-18-14-7-6-12(17)9-15(14)19-16/h6-7,9,13H,3-5,8,10-11H2,1-2H3,(H,18,19)/t13-/m0/s1. The second-order valence-corrected chi connectivity index (χ2v) is 5.97. The van der Waals surface area contributed by atoms with Crippen LogP contribution >= 0.6 is 0 Å². The lowest BCUT2D eigenvalue weighted by Crippen LogP contribution is -2.38. The summed E-state index contributed by atoms with van der Waals surface area (Å²) in [5.41, 5.74) is 1.60. The Morgan fingerprint density at radius 1 is 1.48 bits per heavy atom. The molecule has 2 aromatic rings. The molecule has 1 aliphatic rings. The van der Waals surface area contributed by atoms with Crippen LogP contribution in [0.4, 0.5) is 4.39 Å². The van der Waals surface area contributed by atoms with Crippen LogP contribution in [0, 0.1) is 5.82 Å². The Balaban J connectivity index is 1.64. The molecule has 0 aliphatic carbocycles. The smallest absolute Gasteiger partial charge is 0.125 e. The van der Waals surface area contributed by atoms with Crippen molar-refractivity contribution in [2.24, 2.45) is 0 Å². The monoisotopic (exact) mass is 290 g/mol. The van der Waals surface area contributed by atoms with Crippen molar-refractivity contribution in [3.63, 3.8) is 0 Å². The summed E-state index contributed by atoms with van der Waals surface area (Å²) in [4.78, 5) is 12.6. The molecule has 21 heavy (non-hydrogen) atoms. The minimum Gasteiger partial charge on any atom is -0.341 e. The predicted octanol–water partition coefficient (Wildman–Crippen LogP) is 2.62. The van der Waals surface area contributed by atoms with Crippen molar-refractivity contribution >= 4 is 11.0 Å². The van der Waals surface area contributed by atoms with Gasteiger partial charge in [-0.15, -0.1) is 0 Å². The molecule has 1 fully saturated rings. The molecular formula is C16H23FN4. The molecule has 0 saturated carbocycles. The maximum absolute atomic E-state index is 13.2. The second kappa shape index (κ2) is 6.12. The van der Waals surface area contributed by atoms with E-state index in [1.807, 2.05) is 0 Å². The normalized spacial score (nSPS) is 19.9. The van der Waals surface area contributed by atoms with Crippen LogP contribution in [0.2, 0.25) is 0 Å². The minimum absolute atomic E-state index is 0.226. The summed E-state index contributed by atoms with van der Waals surface area (Å²) in [6.07, 6.45) is 2.58. The number of hydrogen-bond donors (Lipinski definition) is 1. The van der Waals surface area contributed by atoms with Gasteiger partial charge in [0.25, 0.3) is 0 Å². The fraction of sp³-hybridized carbons (Fsp3) is 0.562. The number of benzene rings is 1. The topological polar surface area (TPSA) is 35.2 Å². The van der Waals surface area contributed by atoms with Crippen molar-refractivity contribution in [3.05, 3.63) is 29.8 Å². The summed E-state index contributed by atoms with van der Waals surface area (Å²) in [5, 5.41) is 0. The van der Waals surface area contributed by atoms with Crippen LogP contribution in [0.3, 0.4) is 0 Å². The average molecular weight is 290 g/mol. The van der Waals surface area contributed by atoms with Gasteiger partial charge in [0.2, 0.25) is 0 Å². The molecule has 4 nitrogen and oxygen atoms in total. The Kier molecular flexibility index (Phi) is 4.22. The first kappa shape index (κ1) is 14.5. The molecule has 1 N–H and O–H groups in total. The lowest BCUT2D eigenvalue weighted by atomic mass is 10.2. The van der Waals surface area contributed by atoms with Gasteiger partial charge in [0.1, 0.15) is 11.6 Å². The minimum atomic E-state index is -0.226. The number of nitrogens with zero attached hydrogens (tertiary/aromatic N) is 3. The fourth-order valence-electron chi connectivity index (χ4n) is 3.31. The van der Waals surface area contributed by atoms with Gasteiger partial charge in [-0.2, -0.15) is 0 Å². The van der Waals surface area contributed by atoms with Crippen LogP contribution in [-0.2, 0) is 6.54 Å². The van der Waals surface area contributed by atoms with Gasteiger partial charge in [-0.05, 0) is 51.2 Å². The zero-order chi connectivity index (χ0) is 14.8. The molecule has 0 spiro atoms. The van der Waals surface area contributed by atoms with E-state index in [2.05, 4.69) is 33.7 Å². The molecule has 1 aliphatic heterocycles. The van der Waals surface area contributed by atoms with E-state index < -0.39 is 0 Å². The molecule has 2 heterocycles. The average Bonchev–Trinajstić information content (AvgIpc) is 3.03. The van der Waals surface area contributed by atoms with E-state index >= 15 is 0 Å². The Hall–Kier alpha value is -1.46. The highest BCUT2D eigenvalue weighted by Crippen LogP contribution is 2.18. The first-order chi connectivity index (χ1) is 10.2. The van der Waals surface area contributed by atoms with Gasteiger partial charge >= 0.3 is 0 Å². The number of aromatic amines is 1. The van der Waals surface area contributed by atoms with Gasteiger partial charge in [-0.1, -0.05) is 6.92 Å². The molecule has 0 amide bonds. The third kappa shape index (κ3) is 3.24. The lowest BCUT2D eigenvalue weighted by Gasteiger charge is -2.27. The van der Waals surface area contributed by atoms with E-state index in [1.54, 1.807) is 6.07 Å². The van der Waals surface area contributed by atoms with E-state index in [0.29, 0.717) is 6.04 Å². The second-order valence-electron chi connectivity index (χ2n) is 5.97. The van der Waals surface area contributed by atoms with Crippen molar-refractivity contribution in [2.45, 2.75) is 32.4 Å². The first-order valence-electron chi connectivity index (χ1n) is 7.72. The Labute approximate surface area is 125 Å². The molecule has 0 bridgehead atoms. The SMILES string of the molecule is CCN1CCC[C@H]1CN(C)Cc1nc2ccc(F)cc2[nH]1. The number of hydrogen-bond acceptors (Lipinski definition) is 3. The van der Waals surface area contributed by atoms with Crippen molar-refractivity contribution in [1.82, 2.24) is 19.8 Å². The van der Waals surface area contributed by atoms with E-state index in [1.165, 1.54) is 31.5 Å². The maximum Gasteiger partial charge on any atom is 0.125 e. The van der Waals surface area contributed by atoms with E-state index in [0.717, 1.165) is 36.5 Å². The molecule has 1 aromatic heterocycles. The largest absolute Gasteiger partial charge is 0.341 e. The van der Waals surface area contributed by atoms with Crippen molar-refractivity contribution in [3.8, 4) is 0 Å². The first-order valence-corrected chi connectivity index (χ1v) is 7.72. The van der Waals surface area contributed by atoms with E-state index in [9.17, 15) is 4.39 Å². The molecule has 0 radical (unpaired) electrons.